The summed E-state index contributed by atoms with van der Waals surface area (Å²) >= 11 is 1.31. The van der Waals surface area contributed by atoms with E-state index in [1.54, 1.807) is 0 Å². The van der Waals surface area contributed by atoms with Crippen molar-refractivity contribution in [2.75, 3.05) is 6.54 Å². The van der Waals surface area contributed by atoms with E-state index in [1.807, 2.05) is 32.0 Å². The van der Waals surface area contributed by atoms with Gasteiger partial charge in [-0.1, -0.05) is 17.7 Å². The standard InChI is InChI=1S/C11H15NO2S/c1-7-3-4-8(2)9(5-7)15-10(6-12)11(13)14/h3-5,10H,6,12H2,1-2H3,(H,13,14). The summed E-state index contributed by atoms with van der Waals surface area (Å²) in [7, 11) is 0. The fraction of sp³-hybridized carbons (Fsp3) is 0.364. The van der Waals surface area contributed by atoms with E-state index >= 15 is 0 Å². The van der Waals surface area contributed by atoms with Crippen molar-refractivity contribution in [1.82, 2.24) is 0 Å². The maximum atomic E-state index is 10.8. The molecule has 1 atom stereocenters. The lowest BCUT2D eigenvalue weighted by Crippen LogP contribution is -2.25. The summed E-state index contributed by atoms with van der Waals surface area (Å²) in [5.41, 5.74) is 7.63. The van der Waals surface area contributed by atoms with Crippen molar-refractivity contribution in [3.63, 3.8) is 0 Å². The van der Waals surface area contributed by atoms with Gasteiger partial charge in [0.15, 0.2) is 0 Å². The Bertz CT molecular complexity index is 366. The Labute approximate surface area is 93.7 Å². The van der Waals surface area contributed by atoms with Crippen LogP contribution in [-0.4, -0.2) is 22.9 Å². The third-order valence-electron chi connectivity index (χ3n) is 2.10. The van der Waals surface area contributed by atoms with Crippen molar-refractivity contribution >= 4 is 17.7 Å². The molecular formula is C11H15NO2S. The number of hydrogen-bond acceptors (Lipinski definition) is 3. The Morgan fingerprint density at radius 2 is 2.20 bits per heavy atom. The van der Waals surface area contributed by atoms with Gasteiger partial charge in [-0.2, -0.15) is 0 Å². The summed E-state index contributed by atoms with van der Waals surface area (Å²) in [6.07, 6.45) is 0. The van der Waals surface area contributed by atoms with E-state index in [2.05, 4.69) is 0 Å². The SMILES string of the molecule is Cc1ccc(C)c(SC(CN)C(=O)O)c1. The molecule has 0 aliphatic carbocycles. The molecular weight excluding hydrogens is 210 g/mol. The molecule has 0 saturated heterocycles. The molecule has 0 spiro atoms. The number of aryl methyl sites for hydroxylation is 2. The molecule has 0 aromatic heterocycles. The fourth-order valence-electron chi connectivity index (χ4n) is 1.19. The van der Waals surface area contributed by atoms with Crippen molar-refractivity contribution in [1.29, 1.82) is 0 Å². The summed E-state index contributed by atoms with van der Waals surface area (Å²) < 4.78 is 0. The molecule has 4 heteroatoms. The van der Waals surface area contributed by atoms with Gasteiger partial charge in [0.1, 0.15) is 5.25 Å². The average Bonchev–Trinajstić information content (AvgIpc) is 2.18. The largest absolute Gasteiger partial charge is 0.480 e. The predicted octanol–water partition coefficient (Wildman–Crippen LogP) is 1.81. The molecule has 1 unspecified atom stereocenters. The van der Waals surface area contributed by atoms with Crippen molar-refractivity contribution in [2.45, 2.75) is 24.0 Å². The number of hydrogen-bond donors (Lipinski definition) is 2. The molecule has 3 nitrogen and oxygen atoms in total. The average molecular weight is 225 g/mol. The van der Waals surface area contributed by atoms with Crippen LogP contribution in [0.5, 0.6) is 0 Å². The van der Waals surface area contributed by atoms with Crippen LogP contribution in [0.15, 0.2) is 23.1 Å². The third kappa shape index (κ3) is 3.25. The fourth-order valence-corrected chi connectivity index (χ4v) is 2.20. The Morgan fingerprint density at radius 3 is 2.73 bits per heavy atom. The number of thioether (sulfide) groups is 1. The van der Waals surface area contributed by atoms with Gasteiger partial charge in [0.2, 0.25) is 0 Å². The topological polar surface area (TPSA) is 63.3 Å². The molecule has 0 aliphatic heterocycles. The van der Waals surface area contributed by atoms with Gasteiger partial charge in [0.05, 0.1) is 0 Å². The van der Waals surface area contributed by atoms with E-state index < -0.39 is 11.2 Å². The molecule has 0 heterocycles. The van der Waals surface area contributed by atoms with Crippen LogP contribution in [0, 0.1) is 13.8 Å². The summed E-state index contributed by atoms with van der Waals surface area (Å²) in [6, 6.07) is 6.00. The van der Waals surface area contributed by atoms with Crippen LogP contribution in [0.3, 0.4) is 0 Å². The van der Waals surface area contributed by atoms with Crippen molar-refractivity contribution in [2.24, 2.45) is 5.73 Å². The first kappa shape index (κ1) is 12.1. The predicted molar refractivity (Wildman–Crippen MR) is 62.3 cm³/mol. The molecule has 1 rings (SSSR count). The zero-order valence-electron chi connectivity index (χ0n) is 8.86. The van der Waals surface area contributed by atoms with E-state index in [0.717, 1.165) is 16.0 Å². The maximum absolute atomic E-state index is 10.8. The molecule has 82 valence electrons. The van der Waals surface area contributed by atoms with E-state index in [1.165, 1.54) is 11.8 Å². The van der Waals surface area contributed by atoms with Gasteiger partial charge in [0, 0.05) is 11.4 Å². The minimum absolute atomic E-state index is 0.146. The molecule has 3 N–H and O–H groups in total. The van der Waals surface area contributed by atoms with Gasteiger partial charge >= 0.3 is 5.97 Å². The van der Waals surface area contributed by atoms with E-state index in [9.17, 15) is 4.79 Å². The molecule has 1 aromatic rings. The normalized spacial score (nSPS) is 12.5. The summed E-state index contributed by atoms with van der Waals surface area (Å²) in [5.74, 6) is -0.858. The maximum Gasteiger partial charge on any atom is 0.318 e. The highest BCUT2D eigenvalue weighted by Gasteiger charge is 2.17. The minimum atomic E-state index is -0.858. The van der Waals surface area contributed by atoms with Crippen LogP contribution in [-0.2, 0) is 4.79 Å². The number of rotatable bonds is 4. The Hall–Kier alpha value is -1.00. The van der Waals surface area contributed by atoms with Gasteiger partial charge in [-0.3, -0.25) is 4.79 Å². The molecule has 0 fully saturated rings. The number of nitrogens with two attached hydrogens (primary N) is 1. The molecule has 0 bridgehead atoms. The van der Waals surface area contributed by atoms with Gasteiger partial charge in [0.25, 0.3) is 0 Å². The second kappa shape index (κ2) is 5.19. The van der Waals surface area contributed by atoms with E-state index in [-0.39, 0.29) is 6.54 Å². The number of carbonyl (C=O) groups is 1. The smallest absolute Gasteiger partial charge is 0.318 e. The lowest BCUT2D eigenvalue weighted by Gasteiger charge is -2.11. The summed E-state index contributed by atoms with van der Waals surface area (Å²) in [6.45, 7) is 4.10. The molecule has 0 saturated carbocycles. The Balaban J connectivity index is 2.87. The lowest BCUT2D eigenvalue weighted by atomic mass is 10.2. The number of carboxylic acids is 1. The minimum Gasteiger partial charge on any atom is -0.480 e. The molecule has 0 aliphatic rings. The van der Waals surface area contributed by atoms with Gasteiger partial charge < -0.3 is 10.8 Å². The molecule has 15 heavy (non-hydrogen) atoms. The zero-order valence-corrected chi connectivity index (χ0v) is 9.67. The first-order chi connectivity index (χ1) is 7.04. The van der Waals surface area contributed by atoms with Crippen molar-refractivity contribution < 1.29 is 9.90 Å². The Kier molecular flexibility index (Phi) is 4.17. The summed E-state index contributed by atoms with van der Waals surface area (Å²) in [4.78, 5) is 11.8. The number of aliphatic carboxylic acids is 1. The zero-order chi connectivity index (χ0) is 11.4. The highest BCUT2D eigenvalue weighted by Crippen LogP contribution is 2.27. The summed E-state index contributed by atoms with van der Waals surface area (Å²) in [5, 5.41) is 8.33. The Morgan fingerprint density at radius 1 is 1.53 bits per heavy atom. The van der Waals surface area contributed by atoms with Crippen molar-refractivity contribution in [3.05, 3.63) is 29.3 Å². The molecule has 0 radical (unpaired) electrons. The third-order valence-corrected chi connectivity index (χ3v) is 3.47. The number of benzene rings is 1. The first-order valence-electron chi connectivity index (χ1n) is 4.71. The highest BCUT2D eigenvalue weighted by molar-refractivity contribution is 8.00. The van der Waals surface area contributed by atoms with Gasteiger partial charge in [-0.25, -0.2) is 0 Å². The molecule has 0 amide bonds. The van der Waals surface area contributed by atoms with Crippen LogP contribution in [0.25, 0.3) is 0 Å². The van der Waals surface area contributed by atoms with E-state index in [4.69, 9.17) is 10.8 Å². The first-order valence-corrected chi connectivity index (χ1v) is 5.59. The second-order valence-electron chi connectivity index (χ2n) is 3.45. The monoisotopic (exact) mass is 225 g/mol. The van der Waals surface area contributed by atoms with Gasteiger partial charge in [-0.05, 0) is 25.5 Å². The van der Waals surface area contributed by atoms with Crippen LogP contribution in [0.2, 0.25) is 0 Å². The molecule has 1 aromatic carbocycles. The lowest BCUT2D eigenvalue weighted by molar-refractivity contribution is -0.136. The van der Waals surface area contributed by atoms with Crippen molar-refractivity contribution in [3.8, 4) is 0 Å². The quantitative estimate of drug-likeness (QED) is 0.767. The van der Waals surface area contributed by atoms with Crippen LogP contribution in [0.4, 0.5) is 0 Å². The van der Waals surface area contributed by atoms with Crippen LogP contribution >= 0.6 is 11.8 Å². The number of carboxylic acid groups (broad SMARTS) is 1. The van der Waals surface area contributed by atoms with Crippen LogP contribution < -0.4 is 5.73 Å². The van der Waals surface area contributed by atoms with Crippen LogP contribution in [0.1, 0.15) is 11.1 Å². The van der Waals surface area contributed by atoms with E-state index in [0.29, 0.717) is 0 Å². The van der Waals surface area contributed by atoms with Gasteiger partial charge in [-0.15, -0.1) is 11.8 Å². The second-order valence-corrected chi connectivity index (χ2v) is 4.69. The highest BCUT2D eigenvalue weighted by atomic mass is 32.2.